The van der Waals surface area contributed by atoms with Gasteiger partial charge in [-0.25, -0.2) is 9.97 Å². The van der Waals surface area contributed by atoms with Crippen LogP contribution in [0.1, 0.15) is 24.7 Å². The van der Waals surface area contributed by atoms with Crippen LogP contribution in [0.3, 0.4) is 0 Å². The second kappa shape index (κ2) is 7.47. The van der Waals surface area contributed by atoms with E-state index < -0.39 is 0 Å². The van der Waals surface area contributed by atoms with Gasteiger partial charge in [0.15, 0.2) is 0 Å². The number of benzene rings is 1. The van der Waals surface area contributed by atoms with Gasteiger partial charge in [0.1, 0.15) is 5.82 Å². The molecule has 1 aliphatic rings. The Bertz CT molecular complexity index is 1350. The fourth-order valence-corrected chi connectivity index (χ4v) is 6.74. The first-order valence-electron chi connectivity index (χ1n) is 10.2. The van der Waals surface area contributed by atoms with Crippen LogP contribution in [0.25, 0.3) is 43.0 Å². The van der Waals surface area contributed by atoms with E-state index in [0.717, 1.165) is 48.6 Å². The molecule has 8 heteroatoms. The zero-order valence-corrected chi connectivity index (χ0v) is 18.2. The molecule has 6 nitrogen and oxygen atoms in total. The van der Waals surface area contributed by atoms with Gasteiger partial charge >= 0.3 is 0 Å². The number of imidazole rings is 2. The lowest BCUT2D eigenvalue weighted by atomic mass is 10.0. The number of fused-ring (bicyclic) bond motifs is 1. The zero-order valence-electron chi connectivity index (χ0n) is 16.5. The molecule has 1 amide bonds. The first-order chi connectivity index (χ1) is 15.3. The van der Waals surface area contributed by atoms with Crippen molar-refractivity contribution in [2.24, 2.45) is 0 Å². The number of aromatic amines is 2. The van der Waals surface area contributed by atoms with Crippen molar-refractivity contribution in [3.8, 4) is 33.6 Å². The fourth-order valence-electron chi connectivity index (χ4n) is 4.30. The number of H-pyrrole nitrogens is 2. The molecule has 1 aromatic carbocycles. The normalized spacial score (nSPS) is 16.4. The summed E-state index contributed by atoms with van der Waals surface area (Å²) >= 11 is 3.55. The number of nitrogens with one attached hydrogen (secondary N) is 2. The van der Waals surface area contributed by atoms with Crippen LogP contribution < -0.4 is 0 Å². The lowest BCUT2D eigenvalue weighted by molar-refractivity contribution is -0.119. The number of rotatable bonds is 5. The third-order valence-corrected chi connectivity index (χ3v) is 8.08. The van der Waals surface area contributed by atoms with Gasteiger partial charge in [-0.1, -0.05) is 24.3 Å². The molecule has 1 unspecified atom stereocenters. The van der Waals surface area contributed by atoms with Crippen molar-refractivity contribution >= 4 is 38.5 Å². The predicted molar refractivity (Wildman–Crippen MR) is 125 cm³/mol. The summed E-state index contributed by atoms with van der Waals surface area (Å²) in [4.78, 5) is 28.4. The van der Waals surface area contributed by atoms with E-state index in [0.29, 0.717) is 0 Å². The number of amides is 1. The van der Waals surface area contributed by atoms with Gasteiger partial charge in [-0.15, -0.1) is 22.7 Å². The molecule has 0 bridgehead atoms. The van der Waals surface area contributed by atoms with Gasteiger partial charge in [-0.05, 0) is 24.0 Å². The molecule has 1 aliphatic heterocycles. The molecule has 6 rings (SSSR count). The van der Waals surface area contributed by atoms with Crippen molar-refractivity contribution in [1.82, 2.24) is 24.8 Å². The number of carbonyl (C=O) groups excluding carboxylic acids is 1. The minimum atomic E-state index is 0.0625. The summed E-state index contributed by atoms with van der Waals surface area (Å²) in [5, 5.41) is 4.43. The monoisotopic (exact) mass is 445 g/mol. The van der Waals surface area contributed by atoms with Crippen molar-refractivity contribution in [2.75, 3.05) is 6.54 Å². The van der Waals surface area contributed by atoms with Gasteiger partial charge < -0.3 is 14.9 Å². The van der Waals surface area contributed by atoms with Gasteiger partial charge in [-0.2, -0.15) is 0 Å². The highest BCUT2D eigenvalue weighted by molar-refractivity contribution is 7.27. The van der Waals surface area contributed by atoms with Crippen LogP contribution in [-0.2, 0) is 4.79 Å². The van der Waals surface area contributed by atoms with E-state index in [4.69, 9.17) is 0 Å². The molecule has 0 radical (unpaired) electrons. The molecule has 0 saturated carbocycles. The topological polar surface area (TPSA) is 77.7 Å². The summed E-state index contributed by atoms with van der Waals surface area (Å²) < 4.78 is 2.60. The molecule has 4 aromatic heterocycles. The lowest BCUT2D eigenvalue weighted by Gasteiger charge is -2.17. The van der Waals surface area contributed by atoms with Crippen molar-refractivity contribution < 1.29 is 4.79 Å². The van der Waals surface area contributed by atoms with E-state index in [2.05, 4.69) is 55.0 Å². The molecule has 0 spiro atoms. The summed E-state index contributed by atoms with van der Waals surface area (Å²) in [5.74, 6) is 0.869. The van der Waals surface area contributed by atoms with Crippen LogP contribution in [-0.4, -0.2) is 37.8 Å². The number of hydrogen-bond donors (Lipinski definition) is 2. The molecule has 1 saturated heterocycles. The number of hydrogen-bond acceptors (Lipinski definition) is 5. The molecule has 31 heavy (non-hydrogen) atoms. The van der Waals surface area contributed by atoms with Crippen LogP contribution >= 0.6 is 22.7 Å². The Morgan fingerprint density at radius 2 is 1.77 bits per heavy atom. The van der Waals surface area contributed by atoms with Crippen molar-refractivity contribution in [2.45, 2.75) is 18.9 Å². The summed E-state index contributed by atoms with van der Waals surface area (Å²) in [6.07, 6.45) is 8.36. The van der Waals surface area contributed by atoms with E-state index in [1.165, 1.54) is 26.1 Å². The summed E-state index contributed by atoms with van der Waals surface area (Å²) in [6.45, 7) is 0.804. The number of nitrogens with zero attached hydrogens (tertiary/aromatic N) is 3. The van der Waals surface area contributed by atoms with Crippen molar-refractivity contribution in [3.63, 3.8) is 0 Å². The molecule has 2 N–H and O–H groups in total. The Labute approximate surface area is 186 Å². The molecule has 0 aliphatic carbocycles. The average molecular weight is 446 g/mol. The average Bonchev–Trinajstić information content (AvgIpc) is 3.61. The quantitative estimate of drug-likeness (QED) is 0.341. The Morgan fingerprint density at radius 1 is 1.00 bits per heavy atom. The third kappa shape index (κ3) is 3.10. The van der Waals surface area contributed by atoms with Gasteiger partial charge in [0.05, 0.1) is 45.6 Å². The Hall–Kier alpha value is -3.23. The minimum Gasteiger partial charge on any atom is -0.345 e. The minimum absolute atomic E-state index is 0.0625. The Morgan fingerprint density at radius 3 is 2.55 bits per heavy atom. The van der Waals surface area contributed by atoms with Crippen molar-refractivity contribution in [1.29, 1.82) is 0 Å². The zero-order chi connectivity index (χ0) is 20.8. The summed E-state index contributed by atoms with van der Waals surface area (Å²) in [5.41, 5.74) is 6.81. The number of likely N-dealkylation sites (tertiary alicyclic amines) is 1. The number of carbonyl (C=O) groups is 1. The highest BCUT2D eigenvalue weighted by Crippen LogP contribution is 2.43. The maximum Gasteiger partial charge on any atom is 0.210 e. The van der Waals surface area contributed by atoms with Gasteiger partial charge in [0, 0.05) is 28.4 Å². The standard InChI is InChI=1S/C23H19N5OS2/c29-13-28-7-1-2-20(28)23-25-9-18(27-23)15-5-3-14(4-6-15)16-10-30-22-17(11-31-21(16)22)19-8-24-12-26-19/h3-6,8-13,20H,1-2,7H2,(H,24,26)(H,25,27). The van der Waals surface area contributed by atoms with E-state index in [9.17, 15) is 4.79 Å². The number of aromatic nitrogens is 4. The molecule has 1 atom stereocenters. The SMILES string of the molecule is O=CN1CCCC1c1ncc(-c2ccc(-c3csc4c(-c5cnc[nH]5)csc34)cc2)[nH]1. The Balaban J connectivity index is 1.29. The van der Waals surface area contributed by atoms with Crippen LogP contribution in [0.2, 0.25) is 0 Å². The first-order valence-corrected chi connectivity index (χ1v) is 11.9. The molecule has 154 valence electrons. The van der Waals surface area contributed by atoms with Gasteiger partial charge in [0.2, 0.25) is 6.41 Å². The van der Waals surface area contributed by atoms with Crippen LogP contribution in [0.5, 0.6) is 0 Å². The second-order valence-electron chi connectivity index (χ2n) is 7.68. The molecule has 1 fully saturated rings. The first kappa shape index (κ1) is 18.5. The second-order valence-corrected chi connectivity index (χ2v) is 9.44. The van der Waals surface area contributed by atoms with Crippen molar-refractivity contribution in [3.05, 3.63) is 59.6 Å². The molecule has 5 heterocycles. The van der Waals surface area contributed by atoms with Crippen LogP contribution in [0, 0.1) is 0 Å². The Kier molecular flexibility index (Phi) is 4.47. The summed E-state index contributed by atoms with van der Waals surface area (Å²) in [6, 6.07) is 8.66. The van der Waals surface area contributed by atoms with Crippen LogP contribution in [0.15, 0.2) is 53.7 Å². The molecular formula is C23H19N5OS2. The predicted octanol–water partition coefficient (Wildman–Crippen LogP) is 5.70. The fraction of sp³-hybridized carbons (Fsp3) is 0.174. The van der Waals surface area contributed by atoms with E-state index >= 15 is 0 Å². The van der Waals surface area contributed by atoms with Crippen LogP contribution in [0.4, 0.5) is 0 Å². The van der Waals surface area contributed by atoms with Gasteiger partial charge in [-0.3, -0.25) is 4.79 Å². The number of thiophene rings is 2. The van der Waals surface area contributed by atoms with E-state index in [-0.39, 0.29) is 6.04 Å². The molecule has 5 aromatic rings. The molecular weight excluding hydrogens is 426 g/mol. The lowest BCUT2D eigenvalue weighted by Crippen LogP contribution is -2.21. The van der Waals surface area contributed by atoms with E-state index in [1.54, 1.807) is 29.0 Å². The highest BCUT2D eigenvalue weighted by Gasteiger charge is 2.27. The summed E-state index contributed by atoms with van der Waals surface area (Å²) in [7, 11) is 0. The largest absolute Gasteiger partial charge is 0.345 e. The third-order valence-electron chi connectivity index (χ3n) is 5.92. The maximum absolute atomic E-state index is 11.3. The van der Waals surface area contributed by atoms with E-state index in [1.807, 2.05) is 17.3 Å². The van der Waals surface area contributed by atoms with Gasteiger partial charge in [0.25, 0.3) is 0 Å². The highest BCUT2D eigenvalue weighted by atomic mass is 32.1. The maximum atomic E-state index is 11.3. The smallest absolute Gasteiger partial charge is 0.210 e.